The van der Waals surface area contributed by atoms with E-state index in [1.54, 1.807) is 4.40 Å². The molecule has 7 heteroatoms. The van der Waals surface area contributed by atoms with Gasteiger partial charge in [0.2, 0.25) is 0 Å². The Kier molecular flexibility index (Phi) is 2.62. The molecule has 0 aliphatic heterocycles. The second-order valence-electron chi connectivity index (χ2n) is 2.68. The van der Waals surface area contributed by atoms with E-state index in [1.165, 1.54) is 19.6 Å². The van der Waals surface area contributed by atoms with Gasteiger partial charge in [-0.25, -0.2) is 14.8 Å². The molecule has 0 saturated carbocycles. The number of fused-ring (bicyclic) bond motifs is 1. The van der Waals surface area contributed by atoms with Gasteiger partial charge >= 0.3 is 5.97 Å². The van der Waals surface area contributed by atoms with Crippen LogP contribution in [0.25, 0.3) is 5.52 Å². The second kappa shape index (κ2) is 3.79. The summed E-state index contributed by atoms with van der Waals surface area (Å²) in [6.45, 7) is 0. The molecule has 0 bridgehead atoms. The normalized spacial score (nSPS) is 10.6. The SMILES string of the molecule is COC(=O)c1ncn2c(Cl)c(Br)ncc12. The average molecular weight is 291 g/mol. The molecule has 2 rings (SSSR count). The number of imidazole rings is 1. The molecule has 0 spiro atoms. The molecule has 15 heavy (non-hydrogen) atoms. The minimum Gasteiger partial charge on any atom is -0.464 e. The van der Waals surface area contributed by atoms with E-state index in [0.29, 0.717) is 15.3 Å². The highest BCUT2D eigenvalue weighted by Gasteiger charge is 2.16. The monoisotopic (exact) mass is 289 g/mol. The lowest BCUT2D eigenvalue weighted by molar-refractivity contribution is 0.0597. The van der Waals surface area contributed by atoms with Gasteiger partial charge in [-0.15, -0.1) is 0 Å². The van der Waals surface area contributed by atoms with Crippen molar-refractivity contribution in [2.24, 2.45) is 0 Å². The molecule has 2 aromatic heterocycles. The van der Waals surface area contributed by atoms with Gasteiger partial charge < -0.3 is 4.74 Å². The summed E-state index contributed by atoms with van der Waals surface area (Å²) in [5, 5.41) is 0.357. The van der Waals surface area contributed by atoms with Crippen LogP contribution in [0.4, 0.5) is 0 Å². The van der Waals surface area contributed by atoms with E-state index in [-0.39, 0.29) is 5.69 Å². The van der Waals surface area contributed by atoms with Crippen LogP contribution in [0, 0.1) is 0 Å². The number of carbonyl (C=O) groups excluding carboxylic acids is 1. The summed E-state index contributed by atoms with van der Waals surface area (Å²) in [4.78, 5) is 19.2. The highest BCUT2D eigenvalue weighted by Crippen LogP contribution is 2.22. The number of methoxy groups -OCH3 is 1. The summed E-state index contributed by atoms with van der Waals surface area (Å²) in [6, 6.07) is 0. The lowest BCUT2D eigenvalue weighted by Gasteiger charge is -2.00. The molecular weight excluding hydrogens is 285 g/mol. The van der Waals surface area contributed by atoms with Crippen molar-refractivity contribution < 1.29 is 9.53 Å². The van der Waals surface area contributed by atoms with Gasteiger partial charge in [-0.2, -0.15) is 0 Å². The molecule has 0 saturated heterocycles. The topological polar surface area (TPSA) is 56.5 Å². The van der Waals surface area contributed by atoms with E-state index in [0.717, 1.165) is 0 Å². The first-order valence-corrected chi connectivity index (χ1v) is 5.07. The van der Waals surface area contributed by atoms with E-state index in [9.17, 15) is 4.79 Å². The lowest BCUT2D eigenvalue weighted by Crippen LogP contribution is -2.02. The number of rotatable bonds is 1. The molecular formula is C8H5BrClN3O2. The van der Waals surface area contributed by atoms with Gasteiger partial charge in [-0.05, 0) is 15.9 Å². The van der Waals surface area contributed by atoms with Gasteiger partial charge in [0.25, 0.3) is 0 Å². The summed E-state index contributed by atoms with van der Waals surface area (Å²) >= 11 is 9.12. The second-order valence-corrected chi connectivity index (χ2v) is 3.79. The zero-order valence-corrected chi connectivity index (χ0v) is 9.91. The summed E-state index contributed by atoms with van der Waals surface area (Å²) in [6.07, 6.45) is 2.94. The maximum Gasteiger partial charge on any atom is 0.358 e. The molecule has 0 amide bonds. The molecule has 5 nitrogen and oxygen atoms in total. The fourth-order valence-corrected chi connectivity index (χ4v) is 1.64. The molecule has 78 valence electrons. The van der Waals surface area contributed by atoms with Gasteiger partial charge in [0.05, 0.1) is 18.8 Å². The molecule has 2 heterocycles. The van der Waals surface area contributed by atoms with E-state index < -0.39 is 5.97 Å². The fourth-order valence-electron chi connectivity index (χ4n) is 1.16. The van der Waals surface area contributed by atoms with Crippen molar-refractivity contribution in [3.05, 3.63) is 28.0 Å². The highest BCUT2D eigenvalue weighted by molar-refractivity contribution is 9.10. The minimum atomic E-state index is -0.516. The molecule has 0 unspecified atom stereocenters. The number of hydrogen-bond donors (Lipinski definition) is 0. The molecule has 0 atom stereocenters. The number of halogens is 2. The Balaban J connectivity index is 2.72. The Morgan fingerprint density at radius 1 is 1.60 bits per heavy atom. The number of nitrogens with zero attached hydrogens (tertiary/aromatic N) is 3. The third-order valence-corrected chi connectivity index (χ3v) is 3.03. The maximum absolute atomic E-state index is 11.3. The maximum atomic E-state index is 11.3. The lowest BCUT2D eigenvalue weighted by atomic mass is 10.4. The van der Waals surface area contributed by atoms with Crippen LogP contribution in [-0.2, 0) is 4.74 Å². The Bertz CT molecular complexity index is 540. The molecule has 0 N–H and O–H groups in total. The van der Waals surface area contributed by atoms with Crippen LogP contribution in [0.3, 0.4) is 0 Å². The third-order valence-electron chi connectivity index (χ3n) is 1.87. The fraction of sp³-hybridized carbons (Fsp3) is 0.125. The zero-order chi connectivity index (χ0) is 11.0. The predicted molar refractivity (Wildman–Crippen MR) is 57.0 cm³/mol. The van der Waals surface area contributed by atoms with Crippen LogP contribution >= 0.6 is 27.5 Å². The van der Waals surface area contributed by atoms with E-state index in [4.69, 9.17) is 11.6 Å². The largest absolute Gasteiger partial charge is 0.464 e. The quantitative estimate of drug-likeness (QED) is 0.753. The number of hydrogen-bond acceptors (Lipinski definition) is 4. The summed E-state index contributed by atoms with van der Waals surface area (Å²) in [5.41, 5.74) is 0.703. The van der Waals surface area contributed by atoms with Crippen LogP contribution < -0.4 is 0 Å². The van der Waals surface area contributed by atoms with E-state index in [2.05, 4.69) is 30.6 Å². The van der Waals surface area contributed by atoms with Crippen LogP contribution in [0.2, 0.25) is 5.15 Å². The molecule has 2 aromatic rings. The Morgan fingerprint density at radius 3 is 3.00 bits per heavy atom. The summed E-state index contributed by atoms with van der Waals surface area (Å²) in [5.74, 6) is -0.516. The van der Waals surface area contributed by atoms with Crippen LogP contribution in [0.15, 0.2) is 17.1 Å². The molecule has 0 radical (unpaired) electrons. The van der Waals surface area contributed by atoms with Gasteiger partial charge in [-0.3, -0.25) is 4.40 Å². The number of carbonyl (C=O) groups is 1. The first-order chi connectivity index (χ1) is 7.15. The number of ether oxygens (including phenoxy) is 1. The molecule has 0 fully saturated rings. The first-order valence-electron chi connectivity index (χ1n) is 3.90. The molecule has 0 aliphatic carbocycles. The Morgan fingerprint density at radius 2 is 2.33 bits per heavy atom. The van der Waals surface area contributed by atoms with Crippen molar-refractivity contribution in [3.63, 3.8) is 0 Å². The van der Waals surface area contributed by atoms with Gasteiger partial charge in [0.1, 0.15) is 16.1 Å². The summed E-state index contributed by atoms with van der Waals surface area (Å²) in [7, 11) is 1.29. The number of esters is 1. The summed E-state index contributed by atoms with van der Waals surface area (Å²) < 4.78 is 6.61. The minimum absolute atomic E-state index is 0.194. The van der Waals surface area contributed by atoms with Crippen molar-refractivity contribution in [2.75, 3.05) is 7.11 Å². The third kappa shape index (κ3) is 1.59. The van der Waals surface area contributed by atoms with Crippen molar-refractivity contribution in [1.29, 1.82) is 0 Å². The highest BCUT2D eigenvalue weighted by atomic mass is 79.9. The zero-order valence-electron chi connectivity index (χ0n) is 7.57. The van der Waals surface area contributed by atoms with E-state index >= 15 is 0 Å². The Labute approximate surface area is 98.2 Å². The van der Waals surface area contributed by atoms with Crippen molar-refractivity contribution >= 4 is 39.0 Å². The van der Waals surface area contributed by atoms with Crippen LogP contribution in [0.1, 0.15) is 10.5 Å². The van der Waals surface area contributed by atoms with Gasteiger partial charge in [-0.1, -0.05) is 11.6 Å². The smallest absolute Gasteiger partial charge is 0.358 e. The van der Waals surface area contributed by atoms with E-state index in [1.807, 2.05) is 0 Å². The van der Waals surface area contributed by atoms with Crippen molar-refractivity contribution in [2.45, 2.75) is 0 Å². The predicted octanol–water partition coefficient (Wildman–Crippen LogP) is 1.93. The van der Waals surface area contributed by atoms with Gasteiger partial charge in [0, 0.05) is 0 Å². The van der Waals surface area contributed by atoms with Crippen molar-refractivity contribution in [3.8, 4) is 0 Å². The van der Waals surface area contributed by atoms with Crippen molar-refractivity contribution in [1.82, 2.24) is 14.4 Å². The van der Waals surface area contributed by atoms with Crippen LogP contribution in [-0.4, -0.2) is 27.4 Å². The standard InChI is InChI=1S/C8H5BrClN3O2/c1-15-8(14)5-4-2-11-6(9)7(10)13(4)3-12-5/h2-3H,1H3. The van der Waals surface area contributed by atoms with Gasteiger partial charge in [0.15, 0.2) is 5.69 Å². The first kappa shape index (κ1) is 10.4. The average Bonchev–Trinajstić information content (AvgIpc) is 2.66. The Hall–Kier alpha value is -1.14. The molecule has 0 aromatic carbocycles. The molecule has 0 aliphatic rings. The van der Waals surface area contributed by atoms with Crippen LogP contribution in [0.5, 0.6) is 0 Å². The number of aromatic nitrogens is 3.